The second kappa shape index (κ2) is 10.5. The van der Waals surface area contributed by atoms with Crippen LogP contribution >= 0.6 is 11.8 Å². The van der Waals surface area contributed by atoms with Gasteiger partial charge in [-0.15, -0.1) is 0 Å². The van der Waals surface area contributed by atoms with Gasteiger partial charge in [-0.2, -0.15) is 0 Å². The van der Waals surface area contributed by atoms with E-state index in [1.807, 2.05) is 11.8 Å². The van der Waals surface area contributed by atoms with Gasteiger partial charge in [0, 0.05) is 42.9 Å². The van der Waals surface area contributed by atoms with Gasteiger partial charge in [-0.25, -0.2) is 0 Å². The molecule has 1 atom stereocenters. The molecule has 0 bridgehead atoms. The van der Waals surface area contributed by atoms with Crippen LogP contribution in [0.15, 0.2) is 174 Å². The first-order valence-corrected chi connectivity index (χ1v) is 19.1. The molecule has 0 amide bonds. The number of benzene rings is 7. The highest BCUT2D eigenvalue weighted by Crippen LogP contribution is 2.61. The molecule has 4 heterocycles. The van der Waals surface area contributed by atoms with Crippen molar-refractivity contribution in [1.29, 1.82) is 0 Å². The fourth-order valence-electron chi connectivity index (χ4n) is 9.83. The molecule has 0 N–H and O–H groups in total. The first kappa shape index (κ1) is 28.6. The number of allylic oxidation sites excluding steroid dienone is 1. The predicted molar refractivity (Wildman–Crippen MR) is 216 cm³/mol. The summed E-state index contributed by atoms with van der Waals surface area (Å²) in [5.41, 5.74) is 16.5. The molecule has 3 heteroatoms. The average molecular weight is 681 g/mol. The third kappa shape index (κ3) is 3.56. The number of fused-ring (bicyclic) bond motifs is 14. The van der Waals surface area contributed by atoms with Crippen molar-refractivity contribution in [3.8, 4) is 22.5 Å². The minimum absolute atomic E-state index is 0.494. The molecule has 1 aliphatic carbocycles. The van der Waals surface area contributed by atoms with Gasteiger partial charge in [0.25, 0.3) is 0 Å². The highest BCUT2D eigenvalue weighted by atomic mass is 32.2. The van der Waals surface area contributed by atoms with Gasteiger partial charge < -0.3 is 9.13 Å². The summed E-state index contributed by atoms with van der Waals surface area (Å²) in [6.07, 6.45) is 6.78. The smallest absolute Gasteiger partial charge is 0.0764 e. The fourth-order valence-corrected chi connectivity index (χ4v) is 11.2. The van der Waals surface area contributed by atoms with Crippen LogP contribution in [0.5, 0.6) is 0 Å². The molecule has 0 saturated heterocycles. The van der Waals surface area contributed by atoms with Crippen molar-refractivity contribution < 1.29 is 0 Å². The molecule has 2 aromatic heterocycles. The molecule has 0 saturated carbocycles. The largest absolute Gasteiger partial charge is 0.313 e. The zero-order valence-electron chi connectivity index (χ0n) is 28.4. The van der Waals surface area contributed by atoms with E-state index in [9.17, 15) is 0 Å². The summed E-state index contributed by atoms with van der Waals surface area (Å²) in [5, 5.41) is 3.92. The van der Waals surface area contributed by atoms with Crippen LogP contribution in [-0.2, 0) is 11.8 Å². The van der Waals surface area contributed by atoms with Crippen LogP contribution < -0.4 is 0 Å². The van der Waals surface area contributed by atoms with Crippen LogP contribution in [0.4, 0.5) is 0 Å². The van der Waals surface area contributed by atoms with Crippen molar-refractivity contribution in [2.24, 2.45) is 0 Å². The minimum Gasteiger partial charge on any atom is -0.313 e. The number of para-hydroxylation sites is 4. The van der Waals surface area contributed by atoms with Crippen molar-refractivity contribution in [2.45, 2.75) is 28.0 Å². The molecule has 0 fully saturated rings. The van der Waals surface area contributed by atoms with Gasteiger partial charge in [0.1, 0.15) is 0 Å². The van der Waals surface area contributed by atoms with E-state index in [0.29, 0.717) is 0 Å². The first-order valence-electron chi connectivity index (χ1n) is 18.3. The lowest BCUT2D eigenvalue weighted by Crippen LogP contribution is -2.37. The maximum atomic E-state index is 2.52. The summed E-state index contributed by atoms with van der Waals surface area (Å²) >= 11 is 1.93. The van der Waals surface area contributed by atoms with Gasteiger partial charge >= 0.3 is 0 Å². The van der Waals surface area contributed by atoms with Crippen LogP contribution in [0.1, 0.15) is 39.9 Å². The standard InChI is InChI=1S/C49H32N2S/c1-2-14-32(15-3-1)50-42-24-8-4-16-34(42)36-29-28-31(30-45(36)50)33-18-12-23-41-48(33)52-46-27-11-7-21-39(46)49(41)38-20-6-10-26-44(38)51-43-25-9-5-17-35(43)37-19-13-22-40(49)47(37)51/h1-7,9-23,25-30H,8,24H2. The molecular weight excluding hydrogens is 649 g/mol. The third-order valence-electron chi connectivity index (χ3n) is 11.8. The lowest BCUT2D eigenvalue weighted by atomic mass is 9.62. The normalized spacial score (nSPS) is 16.6. The van der Waals surface area contributed by atoms with E-state index in [0.717, 1.165) is 12.8 Å². The lowest BCUT2D eigenvalue weighted by Gasteiger charge is -2.45. The van der Waals surface area contributed by atoms with Crippen LogP contribution in [-0.4, -0.2) is 9.13 Å². The average Bonchev–Trinajstić information content (AvgIpc) is 3.73. The van der Waals surface area contributed by atoms with Crippen molar-refractivity contribution in [1.82, 2.24) is 9.13 Å². The Bertz CT molecular complexity index is 3000. The topological polar surface area (TPSA) is 9.86 Å². The second-order valence-electron chi connectivity index (χ2n) is 14.3. The molecule has 244 valence electrons. The van der Waals surface area contributed by atoms with Crippen LogP contribution in [0, 0.1) is 0 Å². The van der Waals surface area contributed by atoms with Crippen LogP contribution in [0.2, 0.25) is 0 Å². The van der Waals surface area contributed by atoms with Gasteiger partial charge in [0.2, 0.25) is 0 Å². The van der Waals surface area contributed by atoms with Gasteiger partial charge in [0.15, 0.2) is 0 Å². The first-order chi connectivity index (χ1) is 25.8. The van der Waals surface area contributed by atoms with E-state index in [2.05, 4.69) is 179 Å². The number of aromatic nitrogens is 2. The molecular formula is C49H32N2S. The van der Waals surface area contributed by atoms with E-state index in [4.69, 9.17) is 0 Å². The Kier molecular flexibility index (Phi) is 5.79. The number of rotatable bonds is 2. The van der Waals surface area contributed by atoms with E-state index in [-0.39, 0.29) is 0 Å². The number of nitrogens with zero attached hydrogens (tertiary/aromatic N) is 2. The zero-order chi connectivity index (χ0) is 34.0. The zero-order valence-corrected chi connectivity index (χ0v) is 29.2. The Morgan fingerprint density at radius 3 is 2.23 bits per heavy atom. The third-order valence-corrected chi connectivity index (χ3v) is 13.1. The van der Waals surface area contributed by atoms with E-state index in [1.54, 1.807) is 0 Å². The molecule has 2 aliphatic heterocycles. The summed E-state index contributed by atoms with van der Waals surface area (Å²) in [7, 11) is 0. The molecule has 12 rings (SSSR count). The van der Waals surface area contributed by atoms with Gasteiger partial charge in [0.05, 0.1) is 27.7 Å². The molecule has 2 nitrogen and oxygen atoms in total. The molecule has 52 heavy (non-hydrogen) atoms. The van der Waals surface area contributed by atoms with E-state index in [1.165, 1.54) is 98.5 Å². The second-order valence-corrected chi connectivity index (χ2v) is 15.4. The monoisotopic (exact) mass is 680 g/mol. The Morgan fingerprint density at radius 2 is 1.29 bits per heavy atom. The van der Waals surface area contributed by atoms with Crippen molar-refractivity contribution in [3.63, 3.8) is 0 Å². The van der Waals surface area contributed by atoms with E-state index >= 15 is 0 Å². The molecule has 9 aromatic rings. The van der Waals surface area contributed by atoms with E-state index < -0.39 is 5.41 Å². The van der Waals surface area contributed by atoms with Crippen molar-refractivity contribution in [2.75, 3.05) is 0 Å². The Balaban J connectivity index is 1.19. The SMILES string of the molecule is C1=Cc2c(n(-c3ccccc3)c3cc(-c4cccc5c4Sc4ccccc4C54c5ccccc5-n5c6ccccc6c6cccc4c65)ccc23)CC1. The summed E-state index contributed by atoms with van der Waals surface area (Å²) in [6.45, 7) is 0. The summed E-state index contributed by atoms with van der Waals surface area (Å²) in [5.74, 6) is 0. The van der Waals surface area contributed by atoms with Gasteiger partial charge in [-0.1, -0.05) is 145 Å². The van der Waals surface area contributed by atoms with Crippen molar-refractivity contribution >= 4 is 50.5 Å². The summed E-state index contributed by atoms with van der Waals surface area (Å²) < 4.78 is 5.03. The molecule has 0 radical (unpaired) electrons. The predicted octanol–water partition coefficient (Wildman–Crippen LogP) is 12.5. The number of hydrogen-bond acceptors (Lipinski definition) is 1. The maximum Gasteiger partial charge on any atom is 0.0764 e. The maximum absolute atomic E-state index is 2.52. The molecule has 7 aromatic carbocycles. The number of hydrogen-bond donors (Lipinski definition) is 0. The summed E-state index contributed by atoms with van der Waals surface area (Å²) in [6, 6.07) is 59.3. The lowest BCUT2D eigenvalue weighted by molar-refractivity contribution is 0.690. The molecule has 1 spiro atoms. The van der Waals surface area contributed by atoms with Crippen LogP contribution in [0.3, 0.4) is 0 Å². The molecule has 1 unspecified atom stereocenters. The highest BCUT2D eigenvalue weighted by Gasteiger charge is 2.49. The minimum atomic E-state index is -0.494. The highest BCUT2D eigenvalue weighted by molar-refractivity contribution is 7.99. The van der Waals surface area contributed by atoms with Crippen LogP contribution in [0.25, 0.3) is 61.3 Å². The van der Waals surface area contributed by atoms with Gasteiger partial charge in [-0.05, 0) is 82.6 Å². The summed E-state index contributed by atoms with van der Waals surface area (Å²) in [4.78, 5) is 2.65. The molecule has 3 aliphatic rings. The van der Waals surface area contributed by atoms with Gasteiger partial charge in [-0.3, -0.25) is 0 Å². The Labute approximate surface area is 306 Å². The Morgan fingerprint density at radius 1 is 0.538 bits per heavy atom. The quantitative estimate of drug-likeness (QED) is 0.177. The van der Waals surface area contributed by atoms with Crippen molar-refractivity contribution in [3.05, 3.63) is 197 Å². The fraction of sp³-hybridized carbons (Fsp3) is 0.0612. The Hall–Kier alpha value is -6.03.